The van der Waals surface area contributed by atoms with Gasteiger partial charge in [0.15, 0.2) is 0 Å². The number of carbonyl (C=O) groups excluding carboxylic acids is 1. The van der Waals surface area contributed by atoms with E-state index in [2.05, 4.69) is 32.7 Å². The lowest BCUT2D eigenvalue weighted by molar-refractivity contribution is 0.0949. The van der Waals surface area contributed by atoms with Gasteiger partial charge in [-0.1, -0.05) is 30.4 Å². The summed E-state index contributed by atoms with van der Waals surface area (Å²) in [6, 6.07) is 14.0. The topological polar surface area (TPSA) is 79.4 Å². The van der Waals surface area contributed by atoms with E-state index in [1.807, 2.05) is 55.6 Å². The number of nitrogens with one attached hydrogen (secondary N) is 2. The Bertz CT molecular complexity index is 1230. The van der Waals surface area contributed by atoms with Crippen LogP contribution < -0.4 is 10.6 Å². The van der Waals surface area contributed by atoms with Crippen molar-refractivity contribution < 1.29 is 9.53 Å². The van der Waals surface area contributed by atoms with Gasteiger partial charge >= 0.3 is 0 Å². The fourth-order valence-electron chi connectivity index (χ4n) is 4.55. The second kappa shape index (κ2) is 10.8. The number of aromatic nitrogens is 2. The highest BCUT2D eigenvalue weighted by atomic mass is 16.5. The molecule has 5 rings (SSSR count). The number of benzene rings is 2. The van der Waals surface area contributed by atoms with Crippen LogP contribution in [0.25, 0.3) is 17.3 Å². The van der Waals surface area contributed by atoms with E-state index in [9.17, 15) is 4.79 Å². The zero-order valence-electron chi connectivity index (χ0n) is 20.1. The molecule has 180 valence electrons. The maximum Gasteiger partial charge on any atom is 0.251 e. The van der Waals surface area contributed by atoms with Crippen LogP contribution in [0.3, 0.4) is 0 Å². The summed E-state index contributed by atoms with van der Waals surface area (Å²) in [4.78, 5) is 24.6. The Morgan fingerprint density at radius 1 is 1.17 bits per heavy atom. The zero-order valence-corrected chi connectivity index (χ0v) is 20.1. The number of likely N-dealkylation sites (tertiary alicyclic amines) is 1. The van der Waals surface area contributed by atoms with Crippen molar-refractivity contribution >= 4 is 23.6 Å². The van der Waals surface area contributed by atoms with Gasteiger partial charge < -0.3 is 20.3 Å². The minimum Gasteiger partial charge on any atom is -0.373 e. The van der Waals surface area contributed by atoms with Gasteiger partial charge in [0.1, 0.15) is 0 Å². The Balaban J connectivity index is 1.42. The van der Waals surface area contributed by atoms with Crippen molar-refractivity contribution in [2.24, 2.45) is 0 Å². The van der Waals surface area contributed by atoms with Crippen LogP contribution in [0.1, 0.15) is 39.9 Å². The summed E-state index contributed by atoms with van der Waals surface area (Å²) in [5.74, 6) is 0.404. The van der Waals surface area contributed by atoms with Crippen molar-refractivity contribution in [2.45, 2.75) is 26.4 Å². The smallest absolute Gasteiger partial charge is 0.251 e. The summed E-state index contributed by atoms with van der Waals surface area (Å²) in [5, 5.41) is 6.38. The summed E-state index contributed by atoms with van der Waals surface area (Å²) < 4.78 is 5.87. The molecule has 0 unspecified atom stereocenters. The molecule has 7 nitrogen and oxygen atoms in total. The van der Waals surface area contributed by atoms with Crippen molar-refractivity contribution in [1.29, 1.82) is 0 Å². The number of rotatable bonds is 4. The van der Waals surface area contributed by atoms with Crippen LogP contribution >= 0.6 is 0 Å². The Morgan fingerprint density at radius 3 is 2.94 bits per heavy atom. The quantitative estimate of drug-likeness (QED) is 0.583. The second-order valence-corrected chi connectivity index (χ2v) is 9.12. The van der Waals surface area contributed by atoms with Crippen molar-refractivity contribution in [3.05, 3.63) is 77.0 Å². The molecule has 3 aromatic rings. The molecule has 35 heavy (non-hydrogen) atoms. The van der Waals surface area contributed by atoms with Gasteiger partial charge in [-0.25, -0.2) is 9.97 Å². The summed E-state index contributed by atoms with van der Waals surface area (Å²) in [5.41, 5.74) is 6.24. The number of fused-ring (bicyclic) bond motifs is 7. The van der Waals surface area contributed by atoms with Gasteiger partial charge in [-0.15, -0.1) is 0 Å². The number of nitrogens with zero attached hydrogens (tertiary/aromatic N) is 3. The third-order valence-electron chi connectivity index (χ3n) is 6.35. The Morgan fingerprint density at radius 2 is 2.06 bits per heavy atom. The largest absolute Gasteiger partial charge is 0.373 e. The van der Waals surface area contributed by atoms with Crippen LogP contribution in [-0.2, 0) is 11.3 Å². The first kappa shape index (κ1) is 23.2. The number of hydrogen-bond acceptors (Lipinski definition) is 6. The highest BCUT2D eigenvalue weighted by Crippen LogP contribution is 2.25. The van der Waals surface area contributed by atoms with Gasteiger partial charge in [0.05, 0.1) is 18.9 Å². The maximum atomic E-state index is 13.0. The molecule has 1 saturated heterocycles. The number of amides is 1. The predicted molar refractivity (Wildman–Crippen MR) is 139 cm³/mol. The molecule has 0 radical (unpaired) electrons. The third kappa shape index (κ3) is 5.93. The molecule has 0 atom stereocenters. The molecule has 2 N–H and O–H groups in total. The summed E-state index contributed by atoms with van der Waals surface area (Å²) in [7, 11) is 0. The molecule has 2 aliphatic heterocycles. The SMILES string of the molecule is Cc1cnc2nc1-c1cccc(c1)COC/C=C\c1cc(cc(C(=O)NCCN3CCCC3)c1)N2. The van der Waals surface area contributed by atoms with Crippen LogP contribution in [0.5, 0.6) is 0 Å². The van der Waals surface area contributed by atoms with Gasteiger partial charge in [0.25, 0.3) is 5.91 Å². The molecule has 2 aromatic carbocycles. The van der Waals surface area contributed by atoms with Crippen LogP contribution in [-0.4, -0.2) is 53.6 Å². The van der Waals surface area contributed by atoms with Gasteiger partial charge in [0.2, 0.25) is 5.95 Å². The fourth-order valence-corrected chi connectivity index (χ4v) is 4.55. The molecule has 7 heteroatoms. The molecular weight excluding hydrogens is 438 g/mol. The van der Waals surface area contributed by atoms with Gasteiger partial charge in [-0.2, -0.15) is 0 Å². The van der Waals surface area contributed by atoms with Crippen molar-refractivity contribution in [1.82, 2.24) is 20.2 Å². The standard InChI is InChI=1S/C28H31N5O2/c1-20-18-30-28-31-25-16-21(14-24(17-25)27(34)29-9-12-33-10-2-3-11-33)7-5-13-35-19-22-6-4-8-23(15-22)26(20)32-28/h4-8,14-18H,2-3,9-13,19H2,1H3,(H,29,34)(H,30,31,32)/b7-5-. The summed E-state index contributed by atoms with van der Waals surface area (Å²) in [6.07, 6.45) is 8.26. The zero-order chi connectivity index (χ0) is 24.0. The summed E-state index contributed by atoms with van der Waals surface area (Å²) >= 11 is 0. The van der Waals surface area contributed by atoms with Crippen LogP contribution in [0.15, 0.2) is 54.7 Å². The maximum absolute atomic E-state index is 13.0. The highest BCUT2D eigenvalue weighted by molar-refractivity contribution is 5.96. The normalized spacial score (nSPS) is 16.6. The lowest BCUT2D eigenvalue weighted by atomic mass is 10.1. The first-order chi connectivity index (χ1) is 17.1. The molecule has 1 aromatic heterocycles. The second-order valence-electron chi connectivity index (χ2n) is 9.12. The van der Waals surface area contributed by atoms with Gasteiger partial charge in [-0.05, 0) is 73.8 Å². The first-order valence-corrected chi connectivity index (χ1v) is 12.2. The van der Waals surface area contributed by atoms with E-state index in [1.165, 1.54) is 12.8 Å². The molecule has 6 bridgehead atoms. The fraction of sp³-hybridized carbons (Fsp3) is 0.321. The average Bonchev–Trinajstić information content (AvgIpc) is 3.38. The van der Waals surface area contributed by atoms with Gasteiger partial charge in [-0.3, -0.25) is 4.79 Å². The van der Waals surface area contributed by atoms with Crippen LogP contribution in [0.4, 0.5) is 11.6 Å². The van der Waals surface area contributed by atoms with E-state index >= 15 is 0 Å². The first-order valence-electron chi connectivity index (χ1n) is 12.2. The van der Waals surface area contributed by atoms with E-state index in [0.717, 1.165) is 53.3 Å². The number of ether oxygens (including phenoxy) is 1. The van der Waals surface area contributed by atoms with Crippen LogP contribution in [0.2, 0.25) is 0 Å². The number of hydrogen-bond donors (Lipinski definition) is 2. The Hall–Kier alpha value is -3.55. The van der Waals surface area contributed by atoms with Crippen LogP contribution in [0, 0.1) is 6.92 Å². The molecule has 0 spiro atoms. The van der Waals surface area contributed by atoms with Gasteiger partial charge in [0, 0.05) is 36.1 Å². The number of aryl methyl sites for hydroxylation is 1. The minimum atomic E-state index is -0.0850. The van der Waals surface area contributed by atoms with E-state index in [1.54, 1.807) is 0 Å². The molecule has 2 aliphatic rings. The monoisotopic (exact) mass is 469 g/mol. The van der Waals surface area contributed by atoms with Crippen molar-refractivity contribution in [3.8, 4) is 11.3 Å². The lowest BCUT2D eigenvalue weighted by Gasteiger charge is -2.15. The van der Waals surface area contributed by atoms with E-state index in [0.29, 0.717) is 31.3 Å². The van der Waals surface area contributed by atoms with E-state index in [4.69, 9.17) is 9.72 Å². The average molecular weight is 470 g/mol. The molecule has 1 amide bonds. The molecule has 1 fully saturated rings. The minimum absolute atomic E-state index is 0.0850. The number of anilines is 2. The van der Waals surface area contributed by atoms with E-state index in [-0.39, 0.29) is 5.91 Å². The van der Waals surface area contributed by atoms with Crippen molar-refractivity contribution in [3.63, 3.8) is 0 Å². The number of carbonyl (C=O) groups is 1. The lowest BCUT2D eigenvalue weighted by Crippen LogP contribution is -2.33. The molecular formula is C28H31N5O2. The third-order valence-corrected chi connectivity index (χ3v) is 6.35. The van der Waals surface area contributed by atoms with Crippen molar-refractivity contribution in [2.75, 3.05) is 38.1 Å². The predicted octanol–water partition coefficient (Wildman–Crippen LogP) is 4.56. The molecule has 0 saturated carbocycles. The molecule has 0 aliphatic carbocycles. The highest BCUT2D eigenvalue weighted by Gasteiger charge is 2.14. The van der Waals surface area contributed by atoms with E-state index < -0.39 is 0 Å². The molecule has 3 heterocycles. The Labute approximate surface area is 206 Å². The Kier molecular flexibility index (Phi) is 7.16. The summed E-state index contributed by atoms with van der Waals surface area (Å²) in [6.45, 7) is 6.76.